The summed E-state index contributed by atoms with van der Waals surface area (Å²) in [7, 11) is 2.00. The van der Waals surface area contributed by atoms with E-state index in [1.165, 1.54) is 18.2 Å². The highest BCUT2D eigenvalue weighted by Gasteiger charge is 2.33. The van der Waals surface area contributed by atoms with Crippen molar-refractivity contribution in [3.05, 3.63) is 29.8 Å². The van der Waals surface area contributed by atoms with E-state index in [0.717, 1.165) is 32.2 Å². The van der Waals surface area contributed by atoms with Gasteiger partial charge in [-0.1, -0.05) is 12.1 Å². The van der Waals surface area contributed by atoms with Gasteiger partial charge in [0, 0.05) is 26.2 Å². The van der Waals surface area contributed by atoms with Gasteiger partial charge in [0.2, 0.25) is 5.91 Å². The predicted octanol–water partition coefficient (Wildman–Crippen LogP) is 2.31. The van der Waals surface area contributed by atoms with Crippen LogP contribution in [0.15, 0.2) is 24.3 Å². The number of nitrogens with zero attached hydrogens (tertiary/aromatic N) is 2. The first-order valence-corrected chi connectivity index (χ1v) is 6.73. The van der Waals surface area contributed by atoms with Gasteiger partial charge < -0.3 is 10.2 Å². The number of likely N-dealkylation sites (N-methyl/N-ethyl adjacent to an activating group) is 1. The lowest BCUT2D eigenvalue weighted by Gasteiger charge is -2.31. The summed E-state index contributed by atoms with van der Waals surface area (Å²) in [6, 6.07) is 5.01. The Kier molecular flexibility index (Phi) is 6.65. The van der Waals surface area contributed by atoms with E-state index in [2.05, 4.69) is 10.2 Å². The van der Waals surface area contributed by atoms with E-state index < -0.39 is 17.6 Å². The van der Waals surface area contributed by atoms with Crippen molar-refractivity contribution in [2.24, 2.45) is 0 Å². The molecule has 0 spiro atoms. The lowest BCUT2D eigenvalue weighted by Crippen LogP contribution is -2.47. The average Bonchev–Trinajstić information content (AvgIpc) is 2.41. The van der Waals surface area contributed by atoms with Crippen LogP contribution in [0.3, 0.4) is 0 Å². The minimum absolute atomic E-state index is 0. The van der Waals surface area contributed by atoms with E-state index in [1.807, 2.05) is 11.9 Å². The Morgan fingerprint density at radius 2 is 1.77 bits per heavy atom. The molecule has 1 heterocycles. The van der Waals surface area contributed by atoms with Crippen LogP contribution in [0.25, 0.3) is 0 Å². The molecule has 4 nitrogen and oxygen atoms in total. The summed E-state index contributed by atoms with van der Waals surface area (Å²) in [4.78, 5) is 16.0. The zero-order chi connectivity index (χ0) is 15.5. The fourth-order valence-electron chi connectivity index (χ4n) is 2.24. The number of para-hydroxylation sites is 1. The van der Waals surface area contributed by atoms with Crippen LogP contribution in [0.2, 0.25) is 0 Å². The summed E-state index contributed by atoms with van der Waals surface area (Å²) in [5.41, 5.74) is -1.01. The normalized spacial score (nSPS) is 16.9. The first-order valence-electron chi connectivity index (χ1n) is 6.73. The maximum absolute atomic E-state index is 12.8. The number of hydrogen-bond acceptors (Lipinski definition) is 3. The van der Waals surface area contributed by atoms with Crippen molar-refractivity contribution >= 4 is 24.0 Å². The number of benzene rings is 1. The Labute approximate surface area is 133 Å². The number of carbonyl (C=O) groups is 1. The Bertz CT molecular complexity index is 502. The van der Waals surface area contributed by atoms with Gasteiger partial charge in [0.15, 0.2) is 0 Å². The predicted molar refractivity (Wildman–Crippen MR) is 81.3 cm³/mol. The van der Waals surface area contributed by atoms with Crippen molar-refractivity contribution in [2.75, 3.05) is 45.1 Å². The molecule has 1 amide bonds. The van der Waals surface area contributed by atoms with Crippen LogP contribution in [-0.4, -0.2) is 55.5 Å². The van der Waals surface area contributed by atoms with Crippen molar-refractivity contribution in [3.63, 3.8) is 0 Å². The molecule has 0 radical (unpaired) electrons. The first-order chi connectivity index (χ1) is 9.86. The quantitative estimate of drug-likeness (QED) is 0.919. The SMILES string of the molecule is CN1CCN(CC(=O)Nc2ccccc2C(F)(F)F)CC1.Cl. The Morgan fingerprint density at radius 1 is 1.18 bits per heavy atom. The van der Waals surface area contributed by atoms with Gasteiger partial charge in [-0.15, -0.1) is 12.4 Å². The summed E-state index contributed by atoms with van der Waals surface area (Å²) in [6.07, 6.45) is -4.47. The summed E-state index contributed by atoms with van der Waals surface area (Å²) in [5, 5.41) is 2.36. The van der Waals surface area contributed by atoms with Gasteiger partial charge in [-0.2, -0.15) is 13.2 Å². The molecule has 1 aliphatic heterocycles. The molecular weight excluding hydrogens is 319 g/mol. The standard InChI is InChI=1S/C14H18F3N3O.ClH/c1-19-6-8-20(9-7-19)10-13(21)18-12-5-3-2-4-11(12)14(15,16)17;/h2-5H,6-10H2,1H3,(H,18,21);1H. The molecule has 22 heavy (non-hydrogen) atoms. The van der Waals surface area contributed by atoms with Crippen molar-refractivity contribution in [1.82, 2.24) is 9.80 Å². The zero-order valence-corrected chi connectivity index (χ0v) is 13.0. The molecule has 0 atom stereocenters. The summed E-state index contributed by atoms with van der Waals surface area (Å²) < 4.78 is 38.5. The van der Waals surface area contributed by atoms with Crippen molar-refractivity contribution in [3.8, 4) is 0 Å². The largest absolute Gasteiger partial charge is 0.418 e. The number of halogens is 4. The maximum atomic E-state index is 12.8. The number of rotatable bonds is 3. The molecule has 0 bridgehead atoms. The molecule has 2 rings (SSSR count). The minimum Gasteiger partial charge on any atom is -0.324 e. The van der Waals surface area contributed by atoms with Crippen LogP contribution in [-0.2, 0) is 11.0 Å². The first kappa shape index (κ1) is 18.7. The van der Waals surface area contributed by atoms with E-state index >= 15 is 0 Å². The molecule has 0 saturated carbocycles. The lowest BCUT2D eigenvalue weighted by molar-refractivity contribution is -0.137. The summed E-state index contributed by atoms with van der Waals surface area (Å²) in [6.45, 7) is 3.30. The van der Waals surface area contributed by atoms with Crippen LogP contribution < -0.4 is 5.32 Å². The molecule has 1 aromatic rings. The monoisotopic (exact) mass is 337 g/mol. The minimum atomic E-state index is -4.47. The second-order valence-electron chi connectivity index (χ2n) is 5.17. The molecule has 0 aromatic heterocycles. The number of piperazine rings is 1. The van der Waals surface area contributed by atoms with Gasteiger partial charge in [0.05, 0.1) is 17.8 Å². The smallest absolute Gasteiger partial charge is 0.324 e. The van der Waals surface area contributed by atoms with E-state index in [0.29, 0.717) is 0 Å². The third kappa shape index (κ3) is 5.15. The van der Waals surface area contributed by atoms with Crippen molar-refractivity contribution < 1.29 is 18.0 Å². The van der Waals surface area contributed by atoms with Crippen molar-refractivity contribution in [2.45, 2.75) is 6.18 Å². The molecule has 1 aromatic carbocycles. The van der Waals surface area contributed by atoms with E-state index in [9.17, 15) is 18.0 Å². The number of amides is 1. The third-order valence-electron chi connectivity index (χ3n) is 3.47. The molecule has 8 heteroatoms. The van der Waals surface area contributed by atoms with Gasteiger partial charge in [-0.05, 0) is 19.2 Å². The van der Waals surface area contributed by atoms with Gasteiger partial charge in [0.1, 0.15) is 0 Å². The fourth-order valence-corrected chi connectivity index (χ4v) is 2.24. The second-order valence-corrected chi connectivity index (χ2v) is 5.17. The van der Waals surface area contributed by atoms with Crippen LogP contribution in [0.5, 0.6) is 0 Å². The molecule has 124 valence electrons. The zero-order valence-electron chi connectivity index (χ0n) is 12.2. The number of anilines is 1. The lowest BCUT2D eigenvalue weighted by atomic mass is 10.1. The highest BCUT2D eigenvalue weighted by Crippen LogP contribution is 2.34. The Morgan fingerprint density at radius 3 is 2.36 bits per heavy atom. The van der Waals surface area contributed by atoms with Crippen molar-refractivity contribution in [1.29, 1.82) is 0 Å². The molecule has 1 N–H and O–H groups in total. The van der Waals surface area contributed by atoms with Crippen LogP contribution in [0.1, 0.15) is 5.56 Å². The maximum Gasteiger partial charge on any atom is 0.418 e. The van der Waals surface area contributed by atoms with Crippen LogP contribution in [0.4, 0.5) is 18.9 Å². The number of hydrogen-bond donors (Lipinski definition) is 1. The van der Waals surface area contributed by atoms with Gasteiger partial charge in [-0.25, -0.2) is 0 Å². The molecule has 1 fully saturated rings. The van der Waals surface area contributed by atoms with Crippen LogP contribution in [0, 0.1) is 0 Å². The van der Waals surface area contributed by atoms with Gasteiger partial charge in [0.25, 0.3) is 0 Å². The number of nitrogens with one attached hydrogen (secondary N) is 1. The molecule has 0 aliphatic carbocycles. The topological polar surface area (TPSA) is 35.6 Å². The van der Waals surface area contributed by atoms with Gasteiger partial charge >= 0.3 is 6.18 Å². The molecule has 0 unspecified atom stereocenters. The van der Waals surface area contributed by atoms with Crippen LogP contribution >= 0.6 is 12.4 Å². The van der Waals surface area contributed by atoms with E-state index in [4.69, 9.17) is 0 Å². The van der Waals surface area contributed by atoms with E-state index in [1.54, 1.807) is 0 Å². The highest BCUT2D eigenvalue weighted by molar-refractivity contribution is 5.93. The summed E-state index contributed by atoms with van der Waals surface area (Å²) in [5.74, 6) is -0.420. The van der Waals surface area contributed by atoms with E-state index in [-0.39, 0.29) is 24.6 Å². The number of alkyl halides is 3. The fraction of sp³-hybridized carbons (Fsp3) is 0.500. The Balaban J connectivity index is 0.00000242. The number of carbonyl (C=O) groups excluding carboxylic acids is 1. The molecule has 1 saturated heterocycles. The Hall–Kier alpha value is -1.31. The molecular formula is C14H19ClF3N3O. The average molecular weight is 338 g/mol. The second kappa shape index (κ2) is 7.80. The van der Waals surface area contributed by atoms with Gasteiger partial charge in [-0.3, -0.25) is 9.69 Å². The molecule has 1 aliphatic rings. The third-order valence-corrected chi connectivity index (χ3v) is 3.47. The summed E-state index contributed by atoms with van der Waals surface area (Å²) >= 11 is 0. The highest BCUT2D eigenvalue weighted by atomic mass is 35.5.